The molecule has 0 bridgehead atoms. The number of carbonyl (C=O) groups is 1. The van der Waals surface area contributed by atoms with Crippen LogP contribution < -0.4 is 10.9 Å². The molecule has 1 aromatic carbocycles. The van der Waals surface area contributed by atoms with Crippen LogP contribution in [0.2, 0.25) is 0 Å². The van der Waals surface area contributed by atoms with E-state index in [1.54, 1.807) is 22.5 Å². The van der Waals surface area contributed by atoms with E-state index in [-0.39, 0.29) is 17.0 Å². The summed E-state index contributed by atoms with van der Waals surface area (Å²) in [4.78, 5) is 28.6. The lowest BCUT2D eigenvalue weighted by Crippen LogP contribution is -2.29. The largest absolute Gasteiger partial charge is 0.367 e. The minimum absolute atomic E-state index is 0.103. The third-order valence-electron chi connectivity index (χ3n) is 6.26. The highest BCUT2D eigenvalue weighted by atomic mass is 32.2. The van der Waals surface area contributed by atoms with Gasteiger partial charge in [-0.2, -0.15) is 5.26 Å². The average Bonchev–Trinajstić information content (AvgIpc) is 3.14. The first-order valence-corrected chi connectivity index (χ1v) is 13.9. The van der Waals surface area contributed by atoms with Gasteiger partial charge in [-0.3, -0.25) is 19.1 Å². The Kier molecular flexibility index (Phi) is 10.3. The summed E-state index contributed by atoms with van der Waals surface area (Å²) in [5.41, 5.74) is 2.10. The van der Waals surface area contributed by atoms with Crippen LogP contribution in [0.5, 0.6) is 0 Å². The average molecular weight is 523 g/mol. The minimum Gasteiger partial charge on any atom is -0.367 e. The summed E-state index contributed by atoms with van der Waals surface area (Å²) in [6.07, 6.45) is 8.05. The molecule has 0 radical (unpaired) electrons. The zero-order chi connectivity index (χ0) is 26.1. The lowest BCUT2D eigenvalue weighted by atomic mass is 10.0. The minimum atomic E-state index is -0.316. The zero-order valence-electron chi connectivity index (χ0n) is 21.3. The molecule has 0 saturated carbocycles. The van der Waals surface area contributed by atoms with Crippen molar-refractivity contribution in [2.24, 2.45) is 0 Å². The van der Waals surface area contributed by atoms with E-state index in [1.807, 2.05) is 37.3 Å². The Morgan fingerprint density at radius 1 is 1.06 bits per heavy atom. The van der Waals surface area contributed by atoms with Crippen molar-refractivity contribution < 1.29 is 4.79 Å². The van der Waals surface area contributed by atoms with Crippen molar-refractivity contribution in [3.05, 3.63) is 67.8 Å². The fourth-order valence-corrected chi connectivity index (χ4v) is 5.56. The second-order valence-corrected chi connectivity index (χ2v) is 10.6. The van der Waals surface area contributed by atoms with E-state index in [1.165, 1.54) is 24.6 Å². The lowest BCUT2D eigenvalue weighted by Gasteiger charge is -2.20. The predicted molar refractivity (Wildman–Crippen MR) is 153 cm³/mol. The summed E-state index contributed by atoms with van der Waals surface area (Å²) in [6, 6.07) is 12.0. The first kappa shape index (κ1) is 27.7. The third kappa shape index (κ3) is 6.45. The van der Waals surface area contributed by atoms with Crippen LogP contribution in [0.1, 0.15) is 74.6 Å². The molecule has 1 N–H and O–H groups in total. The van der Waals surface area contributed by atoms with Crippen LogP contribution in [0.4, 0.5) is 5.82 Å². The fourth-order valence-electron chi connectivity index (χ4n) is 4.27. The smallest absolute Gasteiger partial charge is 0.270 e. The van der Waals surface area contributed by atoms with Crippen molar-refractivity contribution in [1.82, 2.24) is 9.47 Å². The number of unbranched alkanes of at least 4 members (excludes halogenated alkanes) is 4. The third-order valence-corrected chi connectivity index (χ3v) is 7.64. The Hall–Kier alpha value is -2.89. The van der Waals surface area contributed by atoms with Gasteiger partial charge in [0.2, 0.25) is 0 Å². The Bertz CT molecular complexity index is 1230. The molecule has 8 heteroatoms. The molecule has 0 spiro atoms. The van der Waals surface area contributed by atoms with Crippen LogP contribution in [0, 0.1) is 18.3 Å². The van der Waals surface area contributed by atoms with Crippen molar-refractivity contribution in [3.8, 4) is 6.07 Å². The summed E-state index contributed by atoms with van der Waals surface area (Å²) in [6.45, 7) is 7.52. The number of nitriles is 1. The molecule has 1 aliphatic heterocycles. The SMILES string of the molecule is CCCCCCCN1C(=O)/C(=C\c2c(C)c(C#N)c(=O)n(CCC)c2NCc2ccccc2)SC1=S. The van der Waals surface area contributed by atoms with Crippen molar-refractivity contribution in [2.75, 3.05) is 11.9 Å². The topological polar surface area (TPSA) is 78.1 Å². The van der Waals surface area contributed by atoms with Gasteiger partial charge in [0.1, 0.15) is 21.8 Å². The normalized spacial score (nSPS) is 14.5. The number of nitrogens with zero attached hydrogens (tertiary/aromatic N) is 3. The monoisotopic (exact) mass is 522 g/mol. The Labute approximate surface area is 223 Å². The summed E-state index contributed by atoms with van der Waals surface area (Å²) in [5, 5.41) is 13.2. The molecule has 1 saturated heterocycles. The predicted octanol–water partition coefficient (Wildman–Crippen LogP) is 6.22. The highest BCUT2D eigenvalue weighted by Gasteiger charge is 2.32. The number of hydrogen-bond donors (Lipinski definition) is 1. The van der Waals surface area contributed by atoms with Gasteiger partial charge in [0.25, 0.3) is 11.5 Å². The molecule has 6 nitrogen and oxygen atoms in total. The maximum Gasteiger partial charge on any atom is 0.270 e. The lowest BCUT2D eigenvalue weighted by molar-refractivity contribution is -0.122. The van der Waals surface area contributed by atoms with E-state index in [4.69, 9.17) is 12.2 Å². The van der Waals surface area contributed by atoms with Crippen molar-refractivity contribution in [3.63, 3.8) is 0 Å². The molecule has 1 amide bonds. The van der Waals surface area contributed by atoms with Crippen LogP contribution in [-0.4, -0.2) is 26.2 Å². The molecule has 36 heavy (non-hydrogen) atoms. The molecule has 0 aliphatic carbocycles. The number of thiocarbonyl (C=S) groups is 1. The first-order valence-electron chi connectivity index (χ1n) is 12.6. The molecule has 0 atom stereocenters. The second-order valence-electron chi connectivity index (χ2n) is 8.92. The number of aromatic nitrogens is 1. The van der Waals surface area contributed by atoms with Crippen LogP contribution >= 0.6 is 24.0 Å². The molecule has 1 aromatic heterocycles. The number of hydrogen-bond acceptors (Lipinski definition) is 6. The standard InChI is InChI=1S/C28H34N4O2S2/c1-4-6-7-8-12-16-32-27(34)24(36-28(32)35)17-22-20(3)23(18-29)26(33)31(15-5-2)25(22)30-19-21-13-10-9-11-14-21/h9-11,13-14,17,30H,4-8,12,15-16,19H2,1-3H3/b24-17+. The van der Waals surface area contributed by atoms with E-state index in [2.05, 4.69) is 18.3 Å². The molecule has 3 rings (SSSR count). The number of anilines is 1. The maximum absolute atomic E-state index is 13.3. The summed E-state index contributed by atoms with van der Waals surface area (Å²) in [5.74, 6) is 0.507. The number of nitrogens with one attached hydrogen (secondary N) is 1. The van der Waals surface area contributed by atoms with Gasteiger partial charge in [-0.1, -0.05) is 93.8 Å². The Morgan fingerprint density at radius 2 is 1.78 bits per heavy atom. The molecule has 190 valence electrons. The first-order chi connectivity index (χ1) is 17.4. The van der Waals surface area contributed by atoms with Gasteiger partial charge in [0.15, 0.2) is 0 Å². The van der Waals surface area contributed by atoms with E-state index in [0.717, 1.165) is 31.2 Å². The van der Waals surface area contributed by atoms with Crippen LogP contribution in [0.15, 0.2) is 40.0 Å². The van der Waals surface area contributed by atoms with Gasteiger partial charge in [-0.05, 0) is 37.0 Å². The second kappa shape index (κ2) is 13.4. The Morgan fingerprint density at radius 3 is 2.44 bits per heavy atom. The van der Waals surface area contributed by atoms with Crippen LogP contribution in [-0.2, 0) is 17.9 Å². The van der Waals surface area contributed by atoms with Gasteiger partial charge in [0, 0.05) is 25.2 Å². The van der Waals surface area contributed by atoms with Crippen molar-refractivity contribution in [2.45, 2.75) is 72.4 Å². The van der Waals surface area contributed by atoms with Gasteiger partial charge >= 0.3 is 0 Å². The number of rotatable bonds is 12. The zero-order valence-corrected chi connectivity index (χ0v) is 22.9. The van der Waals surface area contributed by atoms with Crippen molar-refractivity contribution >= 4 is 46.1 Å². The molecule has 0 unspecified atom stereocenters. The van der Waals surface area contributed by atoms with E-state index >= 15 is 0 Å². The Balaban J connectivity index is 1.99. The summed E-state index contributed by atoms with van der Waals surface area (Å²) < 4.78 is 2.18. The maximum atomic E-state index is 13.3. The van der Waals surface area contributed by atoms with E-state index in [0.29, 0.717) is 45.8 Å². The molecule has 1 aliphatic rings. The fraction of sp³-hybridized carbons (Fsp3) is 0.429. The molecule has 1 fully saturated rings. The van der Waals surface area contributed by atoms with Crippen molar-refractivity contribution in [1.29, 1.82) is 5.26 Å². The van der Waals surface area contributed by atoms with Crippen LogP contribution in [0.3, 0.4) is 0 Å². The number of benzene rings is 1. The number of amides is 1. The summed E-state index contributed by atoms with van der Waals surface area (Å²) in [7, 11) is 0. The molecular formula is C28H34N4O2S2. The number of thioether (sulfide) groups is 1. The highest BCUT2D eigenvalue weighted by Crippen LogP contribution is 2.35. The molecular weight excluding hydrogens is 488 g/mol. The van der Waals surface area contributed by atoms with Gasteiger partial charge in [-0.15, -0.1) is 0 Å². The molecule has 2 heterocycles. The summed E-state index contributed by atoms with van der Waals surface area (Å²) >= 11 is 6.82. The van der Waals surface area contributed by atoms with Crippen LogP contribution in [0.25, 0.3) is 6.08 Å². The van der Waals surface area contributed by atoms with Gasteiger partial charge in [0.05, 0.1) is 4.91 Å². The molecule has 2 aromatic rings. The van der Waals surface area contributed by atoms with E-state index < -0.39 is 0 Å². The van der Waals surface area contributed by atoms with Gasteiger partial charge in [-0.25, -0.2) is 0 Å². The quantitative estimate of drug-likeness (QED) is 0.202. The van der Waals surface area contributed by atoms with Gasteiger partial charge < -0.3 is 5.32 Å². The highest BCUT2D eigenvalue weighted by molar-refractivity contribution is 8.26. The number of pyridine rings is 1. The van der Waals surface area contributed by atoms with E-state index in [9.17, 15) is 14.9 Å². The number of carbonyl (C=O) groups excluding carboxylic acids is 1.